The van der Waals surface area contributed by atoms with E-state index in [1.54, 1.807) is 11.8 Å². The van der Waals surface area contributed by atoms with Crippen molar-refractivity contribution in [3.8, 4) is 5.69 Å². The van der Waals surface area contributed by atoms with Crippen molar-refractivity contribution in [1.82, 2.24) is 14.8 Å². The lowest BCUT2D eigenvalue weighted by atomic mass is 10.0. The van der Waals surface area contributed by atoms with Crippen LogP contribution in [-0.2, 0) is 6.42 Å². The van der Waals surface area contributed by atoms with Crippen molar-refractivity contribution < 1.29 is 5.11 Å². The number of hydrogen-bond donors (Lipinski definition) is 1. The van der Waals surface area contributed by atoms with Gasteiger partial charge in [0, 0.05) is 18.8 Å². The van der Waals surface area contributed by atoms with Crippen LogP contribution < -0.4 is 0 Å². The molecule has 29 heavy (non-hydrogen) atoms. The first-order chi connectivity index (χ1) is 14.2. The molecule has 4 rings (SSSR count). The zero-order valence-corrected chi connectivity index (χ0v) is 17.6. The first-order valence-electron chi connectivity index (χ1n) is 9.89. The van der Waals surface area contributed by atoms with Gasteiger partial charge in [-0.15, -0.1) is 10.2 Å². The Morgan fingerprint density at radius 3 is 2.62 bits per heavy atom. The van der Waals surface area contributed by atoms with Crippen LogP contribution in [0.5, 0.6) is 0 Å². The van der Waals surface area contributed by atoms with Gasteiger partial charge in [0.2, 0.25) is 0 Å². The molecule has 4 nitrogen and oxygen atoms in total. The summed E-state index contributed by atoms with van der Waals surface area (Å²) >= 11 is 1.64. The molecule has 148 valence electrons. The molecule has 1 N–H and O–H groups in total. The molecule has 1 aromatic heterocycles. The Balaban J connectivity index is 1.78. The summed E-state index contributed by atoms with van der Waals surface area (Å²) < 4.78 is 2.18. The van der Waals surface area contributed by atoms with Gasteiger partial charge in [0.25, 0.3) is 0 Å². The van der Waals surface area contributed by atoms with Crippen LogP contribution in [0.2, 0.25) is 0 Å². The molecule has 5 heteroatoms. The molecule has 3 aromatic carbocycles. The molecule has 0 aliphatic rings. The van der Waals surface area contributed by atoms with Gasteiger partial charge in [-0.25, -0.2) is 0 Å². The van der Waals surface area contributed by atoms with Gasteiger partial charge in [0.05, 0.1) is 5.69 Å². The van der Waals surface area contributed by atoms with E-state index in [2.05, 4.69) is 89.3 Å². The van der Waals surface area contributed by atoms with E-state index >= 15 is 0 Å². The molecule has 0 spiro atoms. The molecule has 4 aromatic rings. The third-order valence-electron chi connectivity index (χ3n) is 5.06. The number of benzene rings is 3. The zero-order valence-electron chi connectivity index (χ0n) is 16.8. The summed E-state index contributed by atoms with van der Waals surface area (Å²) in [5.74, 6) is 1.74. The highest BCUT2D eigenvalue weighted by Gasteiger charge is 2.17. The van der Waals surface area contributed by atoms with Gasteiger partial charge in [-0.3, -0.25) is 4.57 Å². The normalized spacial score (nSPS) is 11.3. The number of aliphatic hydroxyl groups excluding tert-OH is 1. The van der Waals surface area contributed by atoms with Crippen LogP contribution >= 0.6 is 11.8 Å². The maximum absolute atomic E-state index is 9.15. The lowest BCUT2D eigenvalue weighted by Crippen LogP contribution is -2.06. The molecule has 1 heterocycles. The molecule has 0 fully saturated rings. The fourth-order valence-electron chi connectivity index (χ4n) is 3.65. The number of aliphatic hydroxyl groups is 1. The lowest BCUT2D eigenvalue weighted by molar-refractivity contribution is 0.296. The van der Waals surface area contributed by atoms with E-state index in [4.69, 9.17) is 5.11 Å². The monoisotopic (exact) mass is 403 g/mol. The van der Waals surface area contributed by atoms with Crippen molar-refractivity contribution in [3.63, 3.8) is 0 Å². The van der Waals surface area contributed by atoms with E-state index in [-0.39, 0.29) is 6.61 Å². The van der Waals surface area contributed by atoms with Crippen LogP contribution in [0.4, 0.5) is 0 Å². The minimum Gasteiger partial charge on any atom is -0.396 e. The van der Waals surface area contributed by atoms with E-state index in [0.29, 0.717) is 6.42 Å². The Morgan fingerprint density at radius 2 is 1.79 bits per heavy atom. The number of thioether (sulfide) groups is 1. The Hall–Kier alpha value is -2.63. The fourth-order valence-corrected chi connectivity index (χ4v) is 4.54. The molecule has 0 radical (unpaired) electrons. The Morgan fingerprint density at radius 1 is 0.966 bits per heavy atom. The van der Waals surface area contributed by atoms with E-state index in [0.717, 1.165) is 28.8 Å². The van der Waals surface area contributed by atoms with Crippen molar-refractivity contribution in [3.05, 3.63) is 83.2 Å². The summed E-state index contributed by atoms with van der Waals surface area (Å²) in [6.07, 6.45) is 1.45. The second-order valence-electron chi connectivity index (χ2n) is 7.26. The summed E-state index contributed by atoms with van der Waals surface area (Å²) in [5, 5.41) is 21.6. The first kappa shape index (κ1) is 19.7. The number of aryl methyl sites for hydroxylation is 2. The molecule has 0 amide bonds. The average molecular weight is 404 g/mol. The van der Waals surface area contributed by atoms with Crippen LogP contribution in [0.1, 0.15) is 28.9 Å². The summed E-state index contributed by atoms with van der Waals surface area (Å²) in [5.41, 5.74) is 4.80. The Labute approximate surface area is 175 Å². The van der Waals surface area contributed by atoms with Crippen LogP contribution in [-0.4, -0.2) is 32.2 Å². The molecule has 0 bridgehead atoms. The van der Waals surface area contributed by atoms with Gasteiger partial charge in [0.15, 0.2) is 5.16 Å². The minimum absolute atomic E-state index is 0.188. The SMILES string of the molecule is Cc1ccc(-n2c(Cc3cccc4ccccc34)nnc2SCCCO)c(C)c1. The second kappa shape index (κ2) is 8.80. The summed E-state index contributed by atoms with van der Waals surface area (Å²) in [7, 11) is 0. The van der Waals surface area contributed by atoms with Crippen molar-refractivity contribution >= 4 is 22.5 Å². The van der Waals surface area contributed by atoms with E-state index < -0.39 is 0 Å². The second-order valence-corrected chi connectivity index (χ2v) is 8.33. The molecule has 0 saturated carbocycles. The van der Waals surface area contributed by atoms with Gasteiger partial charge >= 0.3 is 0 Å². The number of hydrogen-bond acceptors (Lipinski definition) is 4. The third kappa shape index (κ3) is 4.21. The summed E-state index contributed by atoms with van der Waals surface area (Å²) in [6, 6.07) is 21.3. The maximum atomic E-state index is 9.15. The van der Waals surface area contributed by atoms with Crippen molar-refractivity contribution in [2.45, 2.75) is 31.8 Å². The van der Waals surface area contributed by atoms with Crippen molar-refractivity contribution in [2.75, 3.05) is 12.4 Å². The largest absolute Gasteiger partial charge is 0.396 e. The van der Waals surface area contributed by atoms with Gasteiger partial charge in [-0.05, 0) is 48.2 Å². The topological polar surface area (TPSA) is 50.9 Å². The minimum atomic E-state index is 0.188. The summed E-state index contributed by atoms with van der Waals surface area (Å²) in [4.78, 5) is 0. The molecule has 0 unspecified atom stereocenters. The number of nitrogens with zero attached hydrogens (tertiary/aromatic N) is 3. The molecular weight excluding hydrogens is 378 g/mol. The van der Waals surface area contributed by atoms with Crippen LogP contribution in [0.3, 0.4) is 0 Å². The number of rotatable bonds is 7. The predicted octanol–water partition coefficient (Wildman–Crippen LogP) is 5.10. The molecule has 0 aliphatic carbocycles. The van der Waals surface area contributed by atoms with E-state index in [9.17, 15) is 0 Å². The van der Waals surface area contributed by atoms with E-state index in [1.165, 1.54) is 27.5 Å². The van der Waals surface area contributed by atoms with Gasteiger partial charge in [-0.2, -0.15) is 0 Å². The van der Waals surface area contributed by atoms with Gasteiger partial charge in [0.1, 0.15) is 5.82 Å². The van der Waals surface area contributed by atoms with Crippen molar-refractivity contribution in [1.29, 1.82) is 0 Å². The van der Waals surface area contributed by atoms with Gasteiger partial charge < -0.3 is 5.11 Å². The average Bonchev–Trinajstić information content (AvgIpc) is 3.11. The van der Waals surface area contributed by atoms with Crippen LogP contribution in [0, 0.1) is 13.8 Å². The van der Waals surface area contributed by atoms with Crippen molar-refractivity contribution in [2.24, 2.45) is 0 Å². The fraction of sp³-hybridized carbons (Fsp3) is 0.250. The number of fused-ring (bicyclic) bond motifs is 1. The molecule has 0 aliphatic heterocycles. The molecule has 0 atom stereocenters. The highest BCUT2D eigenvalue weighted by atomic mass is 32.2. The highest BCUT2D eigenvalue weighted by Crippen LogP contribution is 2.28. The summed E-state index contributed by atoms with van der Waals surface area (Å²) in [6.45, 7) is 4.43. The standard InChI is InChI=1S/C24H25N3OS/c1-17-11-12-22(18(2)15-17)27-23(25-26-24(27)29-14-6-13-28)16-20-9-5-8-19-7-3-4-10-21(19)20/h3-5,7-12,15,28H,6,13-14,16H2,1-2H3. The Kier molecular flexibility index (Phi) is 5.97. The predicted molar refractivity (Wildman–Crippen MR) is 120 cm³/mol. The van der Waals surface area contributed by atoms with Gasteiger partial charge in [-0.1, -0.05) is 71.9 Å². The molecule has 0 saturated heterocycles. The Bertz CT molecular complexity index is 1130. The van der Waals surface area contributed by atoms with Crippen LogP contribution in [0.25, 0.3) is 16.5 Å². The first-order valence-corrected chi connectivity index (χ1v) is 10.9. The zero-order chi connectivity index (χ0) is 20.2. The molecular formula is C24H25N3OS. The lowest BCUT2D eigenvalue weighted by Gasteiger charge is -2.14. The third-order valence-corrected chi connectivity index (χ3v) is 6.07. The maximum Gasteiger partial charge on any atom is 0.195 e. The van der Waals surface area contributed by atoms with Crippen LogP contribution in [0.15, 0.2) is 65.8 Å². The van der Waals surface area contributed by atoms with E-state index in [1.807, 2.05) is 0 Å². The number of aromatic nitrogens is 3. The smallest absolute Gasteiger partial charge is 0.195 e. The highest BCUT2D eigenvalue weighted by molar-refractivity contribution is 7.99. The quantitative estimate of drug-likeness (QED) is 0.344.